The second kappa shape index (κ2) is 9.98. The first kappa shape index (κ1) is 23.7. The molecular weight excluding hydrogens is 496 g/mol. The number of aryl methyl sites for hydroxylation is 1. The molecule has 2 aromatic heterocycles. The summed E-state index contributed by atoms with van der Waals surface area (Å²) < 4.78 is 33.4. The van der Waals surface area contributed by atoms with Crippen molar-refractivity contribution in [2.24, 2.45) is 0 Å². The topological polar surface area (TPSA) is 88.0 Å². The number of nitrogens with zero attached hydrogens (tertiary/aromatic N) is 5. The fraction of sp³-hybridized carbons (Fsp3) is 0.308. The molecule has 1 unspecified atom stereocenters. The number of anilines is 1. The van der Waals surface area contributed by atoms with Crippen LogP contribution in [0.3, 0.4) is 0 Å². The van der Waals surface area contributed by atoms with Crippen molar-refractivity contribution in [1.29, 1.82) is 0 Å². The number of nitrogens with one attached hydrogen (secondary N) is 2. The van der Waals surface area contributed by atoms with Gasteiger partial charge in [0.2, 0.25) is 0 Å². The lowest BCUT2D eigenvalue weighted by Crippen LogP contribution is -2.42. The highest BCUT2D eigenvalue weighted by molar-refractivity contribution is 7.03. The Kier molecular flexibility index (Phi) is 6.39. The molecule has 0 radical (unpaired) electrons. The molecule has 0 spiro atoms. The molecule has 0 bridgehead atoms. The molecule has 2 N–H and O–H groups in total. The molecule has 2 aliphatic rings. The molecule has 1 saturated heterocycles. The number of fused-ring (bicyclic) bond motifs is 1. The summed E-state index contributed by atoms with van der Waals surface area (Å²) in [6, 6.07) is 13.0. The van der Waals surface area contributed by atoms with Gasteiger partial charge in [0.15, 0.2) is 11.6 Å². The van der Waals surface area contributed by atoms with Gasteiger partial charge in [0.25, 0.3) is 0 Å². The number of hydrogen-bond acceptors (Lipinski definition) is 6. The van der Waals surface area contributed by atoms with Crippen LogP contribution in [0, 0.1) is 11.6 Å². The largest absolute Gasteiger partial charge is 0.333 e. The van der Waals surface area contributed by atoms with Crippen LogP contribution in [0.1, 0.15) is 34.9 Å². The molecule has 190 valence electrons. The number of urea groups is 1. The summed E-state index contributed by atoms with van der Waals surface area (Å²) in [6.45, 7) is 1.65. The Labute approximate surface area is 216 Å². The van der Waals surface area contributed by atoms with E-state index in [1.807, 2.05) is 35.7 Å². The number of rotatable bonds is 6. The van der Waals surface area contributed by atoms with Crippen molar-refractivity contribution in [3.63, 3.8) is 0 Å². The average molecular weight is 522 g/mol. The summed E-state index contributed by atoms with van der Waals surface area (Å²) >= 11 is 1.28. The lowest BCUT2D eigenvalue weighted by molar-refractivity contribution is 0.246. The number of carbonyl (C=O) groups is 1. The predicted octanol–water partition coefficient (Wildman–Crippen LogP) is 4.28. The van der Waals surface area contributed by atoms with Crippen molar-refractivity contribution >= 4 is 23.4 Å². The third-order valence-electron chi connectivity index (χ3n) is 7.01. The first-order chi connectivity index (χ1) is 18.0. The zero-order valence-electron chi connectivity index (χ0n) is 19.9. The number of likely N-dealkylation sites (tertiary alicyclic amines) is 1. The Bertz CT molecular complexity index is 1410. The van der Waals surface area contributed by atoms with Crippen LogP contribution >= 0.6 is 11.5 Å². The van der Waals surface area contributed by atoms with Crippen LogP contribution < -0.4 is 10.6 Å². The fourth-order valence-electron chi connectivity index (χ4n) is 5.31. The van der Waals surface area contributed by atoms with E-state index in [-0.39, 0.29) is 18.0 Å². The summed E-state index contributed by atoms with van der Waals surface area (Å²) in [4.78, 5) is 15.5. The molecule has 8 nitrogen and oxygen atoms in total. The molecule has 4 aromatic rings. The monoisotopic (exact) mass is 521 g/mol. The Morgan fingerprint density at radius 1 is 1.08 bits per heavy atom. The van der Waals surface area contributed by atoms with Crippen LogP contribution in [-0.2, 0) is 19.4 Å². The van der Waals surface area contributed by atoms with Crippen molar-refractivity contribution in [2.45, 2.75) is 37.8 Å². The predicted molar refractivity (Wildman–Crippen MR) is 136 cm³/mol. The molecule has 0 saturated carbocycles. The molecule has 1 aliphatic heterocycles. The van der Waals surface area contributed by atoms with E-state index in [1.54, 1.807) is 10.7 Å². The Hall–Kier alpha value is -3.70. The van der Waals surface area contributed by atoms with Gasteiger partial charge in [-0.1, -0.05) is 28.8 Å². The average Bonchev–Trinajstić information content (AvgIpc) is 3.69. The zero-order valence-corrected chi connectivity index (χ0v) is 20.7. The minimum Gasteiger partial charge on any atom is -0.333 e. The molecule has 2 amide bonds. The van der Waals surface area contributed by atoms with Crippen molar-refractivity contribution in [1.82, 2.24) is 29.6 Å². The van der Waals surface area contributed by atoms with E-state index in [2.05, 4.69) is 25.1 Å². The molecule has 1 aliphatic carbocycles. The van der Waals surface area contributed by atoms with Gasteiger partial charge < -0.3 is 5.32 Å². The highest BCUT2D eigenvalue weighted by Gasteiger charge is 2.36. The maximum atomic E-state index is 14.1. The molecule has 2 aromatic carbocycles. The van der Waals surface area contributed by atoms with Crippen LogP contribution in [0.4, 0.5) is 19.4 Å². The van der Waals surface area contributed by atoms with Gasteiger partial charge in [-0.3, -0.25) is 10.2 Å². The number of aromatic nitrogens is 4. The first-order valence-corrected chi connectivity index (χ1v) is 13.1. The van der Waals surface area contributed by atoms with Crippen LogP contribution in [0.2, 0.25) is 0 Å². The van der Waals surface area contributed by atoms with Crippen molar-refractivity contribution in [2.75, 3.05) is 18.4 Å². The molecule has 37 heavy (non-hydrogen) atoms. The zero-order chi connectivity index (χ0) is 25.4. The summed E-state index contributed by atoms with van der Waals surface area (Å²) in [6.07, 6.45) is 2.74. The van der Waals surface area contributed by atoms with Gasteiger partial charge in [-0.2, -0.15) is 5.10 Å². The van der Waals surface area contributed by atoms with Gasteiger partial charge in [-0.05, 0) is 60.6 Å². The van der Waals surface area contributed by atoms with Crippen LogP contribution in [0.15, 0.2) is 53.9 Å². The number of hydrogen-bond donors (Lipinski definition) is 2. The number of halogens is 2. The normalized spacial score (nSPS) is 19.2. The Morgan fingerprint density at radius 2 is 1.95 bits per heavy atom. The van der Waals surface area contributed by atoms with Gasteiger partial charge in [0.1, 0.15) is 5.82 Å². The van der Waals surface area contributed by atoms with E-state index < -0.39 is 11.6 Å². The number of carbonyl (C=O) groups excluding carboxylic acids is 1. The van der Waals surface area contributed by atoms with Crippen LogP contribution in [-0.4, -0.2) is 49.4 Å². The molecule has 2 atom stereocenters. The van der Waals surface area contributed by atoms with E-state index in [9.17, 15) is 13.6 Å². The Morgan fingerprint density at radius 3 is 2.73 bits per heavy atom. The maximum absolute atomic E-state index is 14.1. The third-order valence-corrected chi connectivity index (χ3v) is 7.57. The summed E-state index contributed by atoms with van der Waals surface area (Å²) in [5, 5.41) is 16.9. The quantitative estimate of drug-likeness (QED) is 0.396. The van der Waals surface area contributed by atoms with E-state index in [1.165, 1.54) is 17.6 Å². The number of amides is 2. The van der Waals surface area contributed by atoms with Gasteiger partial charge in [-0.15, -0.1) is 5.10 Å². The van der Waals surface area contributed by atoms with Crippen molar-refractivity contribution in [3.05, 3.63) is 88.1 Å². The summed E-state index contributed by atoms with van der Waals surface area (Å²) in [5.41, 5.74) is 4.40. The van der Waals surface area contributed by atoms with E-state index >= 15 is 0 Å². The third kappa shape index (κ3) is 4.84. The van der Waals surface area contributed by atoms with E-state index in [4.69, 9.17) is 5.10 Å². The van der Waals surface area contributed by atoms with E-state index in [0.717, 1.165) is 48.0 Å². The molecule has 6 rings (SSSR count). The van der Waals surface area contributed by atoms with E-state index in [0.29, 0.717) is 31.0 Å². The van der Waals surface area contributed by atoms with Crippen LogP contribution in [0.5, 0.6) is 0 Å². The minimum atomic E-state index is -0.898. The van der Waals surface area contributed by atoms with Gasteiger partial charge >= 0.3 is 6.03 Å². The second-order valence-electron chi connectivity index (χ2n) is 9.45. The van der Waals surface area contributed by atoms with Crippen LogP contribution in [0.25, 0.3) is 5.69 Å². The maximum Gasteiger partial charge on any atom is 0.320 e. The van der Waals surface area contributed by atoms with Crippen molar-refractivity contribution < 1.29 is 13.6 Å². The first-order valence-electron chi connectivity index (χ1n) is 12.2. The van der Waals surface area contributed by atoms with Gasteiger partial charge in [0, 0.05) is 36.5 Å². The van der Waals surface area contributed by atoms with Gasteiger partial charge in [0.05, 0.1) is 23.1 Å². The fourth-order valence-corrected chi connectivity index (χ4v) is 5.75. The molecule has 3 heterocycles. The second-order valence-corrected chi connectivity index (χ2v) is 10.1. The number of para-hydroxylation sites is 1. The Balaban J connectivity index is 1.24. The summed E-state index contributed by atoms with van der Waals surface area (Å²) in [5.74, 6) is -1.34. The smallest absolute Gasteiger partial charge is 0.320 e. The molecular formula is C26H25F2N7OS. The SMILES string of the molecule is O=C(Nc1c2c(nn1-c1ccccc1)CCC2)NC1CN(Cc2csnn2)C[C@H]1c1ccc(F)c(F)c1. The lowest BCUT2D eigenvalue weighted by atomic mass is 9.94. The highest BCUT2D eigenvalue weighted by atomic mass is 32.1. The lowest BCUT2D eigenvalue weighted by Gasteiger charge is -2.21. The van der Waals surface area contributed by atoms with Crippen molar-refractivity contribution in [3.8, 4) is 5.69 Å². The summed E-state index contributed by atoms with van der Waals surface area (Å²) in [7, 11) is 0. The standard InChI is InChI=1S/C26H25F2N7OS/c27-21-10-9-16(11-22(21)28)20-13-34(12-17-15-37-33-31-17)14-24(20)29-26(36)30-25-19-7-4-8-23(19)32-35(25)18-5-2-1-3-6-18/h1-3,5-6,9-11,15,20,24H,4,7-8,12-14H2,(H2,29,30,36)/t20-,24?/m0/s1. The highest BCUT2D eigenvalue weighted by Crippen LogP contribution is 2.32. The molecule has 1 fully saturated rings. The number of benzene rings is 2. The minimum absolute atomic E-state index is 0.225. The molecule has 11 heteroatoms. The van der Waals surface area contributed by atoms with Gasteiger partial charge in [-0.25, -0.2) is 18.3 Å².